The number of non-ortho nitro benzene ring substituents is 1. The Morgan fingerprint density at radius 2 is 1.65 bits per heavy atom. The standard InChI is InChI=1S/C16H13N3O10S2/c20-14-7-12(30(24,25)26)5-9-6-13(31(27,28)29)8-16(21,15(9)14)18-17-10-1-3-11(4-2-10)19(22)23/h1-7,20-21H,8H2,(H,24,25,26)(H,27,28,29)/b18-17+. The predicted octanol–water partition coefficient (Wildman–Crippen LogP) is 2.11. The van der Waals surface area contributed by atoms with E-state index in [1.54, 1.807) is 0 Å². The maximum Gasteiger partial charge on any atom is 0.294 e. The SMILES string of the molecule is O=[N+]([O-])c1ccc(/N=N/C2(O)CC(S(=O)(=O)O)=Cc3cc(S(=O)(=O)O)cc(O)c32)cc1. The molecule has 0 heterocycles. The highest BCUT2D eigenvalue weighted by Gasteiger charge is 2.42. The van der Waals surface area contributed by atoms with Crippen molar-refractivity contribution >= 4 is 37.7 Å². The normalized spacial score (nSPS) is 19.1. The Balaban J connectivity index is 2.16. The molecule has 2 aromatic rings. The third-order valence-corrected chi connectivity index (χ3v) is 6.04. The fourth-order valence-electron chi connectivity index (χ4n) is 2.91. The molecule has 0 aliphatic heterocycles. The lowest BCUT2D eigenvalue weighted by atomic mass is 9.89. The molecule has 0 saturated heterocycles. The molecule has 2 aromatic carbocycles. The van der Waals surface area contributed by atoms with E-state index in [1.807, 2.05) is 0 Å². The van der Waals surface area contributed by atoms with Gasteiger partial charge in [-0.25, -0.2) is 0 Å². The summed E-state index contributed by atoms with van der Waals surface area (Å²) in [6.07, 6.45) is -0.0664. The summed E-state index contributed by atoms with van der Waals surface area (Å²) < 4.78 is 64.7. The average molecular weight is 471 g/mol. The van der Waals surface area contributed by atoms with Crippen LogP contribution in [0.3, 0.4) is 0 Å². The van der Waals surface area contributed by atoms with Gasteiger partial charge >= 0.3 is 0 Å². The Bertz CT molecular complexity index is 1350. The van der Waals surface area contributed by atoms with Crippen molar-refractivity contribution in [2.45, 2.75) is 17.0 Å². The van der Waals surface area contributed by atoms with Gasteiger partial charge in [-0.3, -0.25) is 19.2 Å². The van der Waals surface area contributed by atoms with E-state index in [2.05, 4.69) is 10.2 Å². The quantitative estimate of drug-likeness (QED) is 0.215. The summed E-state index contributed by atoms with van der Waals surface area (Å²) >= 11 is 0. The second-order valence-electron chi connectivity index (χ2n) is 6.43. The minimum absolute atomic E-state index is 0.0255. The molecule has 0 saturated carbocycles. The number of nitro benzene ring substituents is 1. The Hall–Kier alpha value is -3.24. The predicted molar refractivity (Wildman–Crippen MR) is 104 cm³/mol. The summed E-state index contributed by atoms with van der Waals surface area (Å²) in [6, 6.07) is 5.97. The summed E-state index contributed by atoms with van der Waals surface area (Å²) in [6.45, 7) is 0. The summed E-state index contributed by atoms with van der Waals surface area (Å²) in [5.74, 6) is -0.846. The molecule has 3 rings (SSSR count). The van der Waals surface area contributed by atoms with Gasteiger partial charge in [0.05, 0.1) is 26.0 Å². The van der Waals surface area contributed by atoms with Crippen LogP contribution in [0.5, 0.6) is 5.75 Å². The number of nitro groups is 1. The van der Waals surface area contributed by atoms with Gasteiger partial charge in [-0.05, 0) is 29.8 Å². The Labute approximate surface area is 174 Å². The fraction of sp³-hybridized carbons (Fsp3) is 0.125. The highest BCUT2D eigenvalue weighted by Crippen LogP contribution is 2.45. The first-order valence-corrected chi connectivity index (χ1v) is 11.0. The van der Waals surface area contributed by atoms with Gasteiger partial charge in [0.25, 0.3) is 25.9 Å². The number of nitrogens with zero attached hydrogens (tertiary/aromatic N) is 3. The minimum atomic E-state index is -4.87. The van der Waals surface area contributed by atoms with Crippen LogP contribution in [0.1, 0.15) is 17.5 Å². The van der Waals surface area contributed by atoms with E-state index in [1.165, 1.54) is 12.1 Å². The Morgan fingerprint density at radius 1 is 1.03 bits per heavy atom. The molecule has 4 N–H and O–H groups in total. The van der Waals surface area contributed by atoms with Gasteiger partial charge in [0, 0.05) is 24.6 Å². The van der Waals surface area contributed by atoms with Crippen LogP contribution in [-0.2, 0) is 26.0 Å². The molecule has 15 heteroatoms. The maximum atomic E-state index is 11.6. The molecular formula is C16H13N3O10S2. The highest BCUT2D eigenvalue weighted by molar-refractivity contribution is 7.90. The molecule has 13 nitrogen and oxygen atoms in total. The second kappa shape index (κ2) is 7.47. The first-order valence-electron chi connectivity index (χ1n) is 8.13. The number of phenols is 1. The van der Waals surface area contributed by atoms with E-state index in [-0.39, 0.29) is 16.9 Å². The van der Waals surface area contributed by atoms with Gasteiger partial charge in [-0.2, -0.15) is 21.9 Å². The molecule has 0 bridgehead atoms. The van der Waals surface area contributed by atoms with E-state index in [4.69, 9.17) is 0 Å². The zero-order valence-corrected chi connectivity index (χ0v) is 16.8. The number of fused-ring (bicyclic) bond motifs is 1. The smallest absolute Gasteiger partial charge is 0.294 e. The van der Waals surface area contributed by atoms with Crippen molar-refractivity contribution < 1.29 is 41.1 Å². The number of hydrogen-bond donors (Lipinski definition) is 4. The van der Waals surface area contributed by atoms with Crippen LogP contribution in [0.4, 0.5) is 11.4 Å². The lowest BCUT2D eigenvalue weighted by Crippen LogP contribution is -2.29. The zero-order chi connectivity index (χ0) is 23.2. The third-order valence-electron chi connectivity index (χ3n) is 4.28. The van der Waals surface area contributed by atoms with Crippen molar-refractivity contribution in [1.29, 1.82) is 0 Å². The van der Waals surface area contributed by atoms with Gasteiger partial charge < -0.3 is 10.2 Å². The van der Waals surface area contributed by atoms with E-state index < -0.39 is 58.4 Å². The molecule has 0 fully saturated rings. The monoisotopic (exact) mass is 471 g/mol. The van der Waals surface area contributed by atoms with Crippen molar-refractivity contribution in [3.05, 3.63) is 62.5 Å². The second-order valence-corrected chi connectivity index (χ2v) is 9.33. The summed E-state index contributed by atoms with van der Waals surface area (Å²) in [7, 11) is -9.68. The first-order chi connectivity index (χ1) is 14.2. The molecule has 164 valence electrons. The van der Waals surface area contributed by atoms with Gasteiger partial charge in [0.15, 0.2) is 0 Å². The van der Waals surface area contributed by atoms with Crippen molar-refractivity contribution in [1.82, 2.24) is 0 Å². The number of hydrogen-bond acceptors (Lipinski definition) is 10. The van der Waals surface area contributed by atoms with Crippen molar-refractivity contribution in [2.24, 2.45) is 10.2 Å². The fourth-order valence-corrected chi connectivity index (χ4v) is 4.11. The number of azo groups is 1. The van der Waals surface area contributed by atoms with E-state index in [0.717, 1.165) is 24.3 Å². The summed E-state index contributed by atoms with van der Waals surface area (Å²) in [5.41, 5.74) is -3.58. The minimum Gasteiger partial charge on any atom is -0.507 e. The van der Waals surface area contributed by atoms with Crippen molar-refractivity contribution in [2.75, 3.05) is 0 Å². The molecular weight excluding hydrogens is 458 g/mol. The van der Waals surface area contributed by atoms with Crippen molar-refractivity contribution in [3.8, 4) is 5.75 Å². The largest absolute Gasteiger partial charge is 0.507 e. The average Bonchev–Trinajstić information content (AvgIpc) is 2.64. The van der Waals surface area contributed by atoms with Gasteiger partial charge in [-0.1, -0.05) is 0 Å². The molecule has 31 heavy (non-hydrogen) atoms. The number of rotatable bonds is 5. The lowest BCUT2D eigenvalue weighted by Gasteiger charge is -2.29. The Morgan fingerprint density at radius 3 is 2.16 bits per heavy atom. The lowest BCUT2D eigenvalue weighted by molar-refractivity contribution is -0.384. The third kappa shape index (κ3) is 4.59. The van der Waals surface area contributed by atoms with Crippen LogP contribution < -0.4 is 0 Å². The molecule has 1 atom stereocenters. The zero-order valence-electron chi connectivity index (χ0n) is 15.1. The molecule has 1 unspecified atom stereocenters. The van der Waals surface area contributed by atoms with E-state index >= 15 is 0 Å². The van der Waals surface area contributed by atoms with Gasteiger partial charge in [0.1, 0.15) is 5.75 Å². The summed E-state index contributed by atoms with van der Waals surface area (Å²) in [4.78, 5) is 8.49. The molecule has 0 amide bonds. The number of phenolic OH excluding ortho intramolecular Hbond substituents is 1. The molecule has 1 aliphatic rings. The molecule has 0 radical (unpaired) electrons. The molecule has 0 aromatic heterocycles. The Kier molecular flexibility index (Phi) is 5.41. The number of aliphatic hydroxyl groups is 1. The van der Waals surface area contributed by atoms with Gasteiger partial charge in [-0.15, -0.1) is 5.11 Å². The highest BCUT2D eigenvalue weighted by atomic mass is 32.2. The van der Waals surface area contributed by atoms with Crippen LogP contribution in [0, 0.1) is 10.1 Å². The topological polar surface area (TPSA) is 217 Å². The van der Waals surface area contributed by atoms with Gasteiger partial charge in [0.2, 0.25) is 5.72 Å². The number of aromatic hydroxyl groups is 1. The van der Waals surface area contributed by atoms with Crippen LogP contribution in [0.15, 0.2) is 56.4 Å². The van der Waals surface area contributed by atoms with E-state index in [9.17, 15) is 46.3 Å². The number of benzene rings is 2. The van der Waals surface area contributed by atoms with Crippen LogP contribution in [0.25, 0.3) is 6.08 Å². The molecule has 1 aliphatic carbocycles. The first kappa shape index (κ1) is 22.4. The van der Waals surface area contributed by atoms with Crippen LogP contribution in [-0.4, -0.2) is 41.1 Å². The van der Waals surface area contributed by atoms with Crippen LogP contribution >= 0.6 is 0 Å². The molecule has 0 spiro atoms. The maximum absolute atomic E-state index is 11.6. The van der Waals surface area contributed by atoms with Crippen LogP contribution in [0.2, 0.25) is 0 Å². The van der Waals surface area contributed by atoms with Crippen molar-refractivity contribution in [3.63, 3.8) is 0 Å². The summed E-state index contributed by atoms with van der Waals surface area (Å²) in [5, 5.41) is 39.3. The van der Waals surface area contributed by atoms with E-state index in [0.29, 0.717) is 6.07 Å².